The molecule has 0 saturated heterocycles. The Hall–Kier alpha value is -11.0. The number of anilines is 8. The topological polar surface area (TPSA) is 384 Å². The third kappa shape index (κ3) is 24.7. The number of carbonyl (C=O) groups is 4. The number of rotatable bonds is 28. The molecule has 29 nitrogen and oxygen atoms in total. The summed E-state index contributed by atoms with van der Waals surface area (Å²) >= 11 is 0. The van der Waals surface area contributed by atoms with E-state index < -0.39 is 77.2 Å². The van der Waals surface area contributed by atoms with E-state index in [-0.39, 0.29) is 59.2 Å². The zero-order valence-corrected chi connectivity index (χ0v) is 52.5. The van der Waals surface area contributed by atoms with Crippen molar-refractivity contribution in [3.05, 3.63) is 194 Å². The highest BCUT2D eigenvalue weighted by atomic mass is 32.2. The largest absolute Gasteiger partial charge is 0.452 e. The number of nitrogens with one attached hydrogen (secondary N) is 8. The first-order valence-electron chi connectivity index (χ1n) is 27.0. The maximum atomic E-state index is 12.9. The minimum absolute atomic E-state index is 0.0563. The van der Waals surface area contributed by atoms with Crippen LogP contribution in [0.15, 0.2) is 194 Å². The monoisotopic (exact) mass is 1350 g/mol. The molecule has 488 valence electrons. The van der Waals surface area contributed by atoms with Gasteiger partial charge in [0, 0.05) is 45.5 Å². The van der Waals surface area contributed by atoms with Gasteiger partial charge < -0.3 is 83.0 Å². The summed E-state index contributed by atoms with van der Waals surface area (Å²) in [6.45, 7) is -0.597. The Labute approximate surface area is 534 Å². The van der Waals surface area contributed by atoms with E-state index in [1.54, 1.807) is 97.1 Å². The molecule has 0 atom stereocenters. The van der Waals surface area contributed by atoms with Gasteiger partial charge in [-0.2, -0.15) is 33.7 Å². The standard InChI is InChI=1S/C60H58N8O21S4/c1-90(73,74)86-51-29-13-43(14-30-51)65-57(69)61-39-5-21-47(22-6-39)82-55(83-48-23-7-40(8-24-48)62-58(70)66-44-15-31-52(32-16-44)87-91(2,75)76)37-81-38-56(84-49-25-9-41(10-26-49)63-59(71)67-45-17-33-53(34-18-45)88-92(3,77)78)85-50-27-11-42(12-28-50)64-60(72)68-46-19-35-54(36-20-46)89-93(4,79)80/h5-36,55-56H,37-38H2,1-4H3,(H2,61,65,69)(H2,62,66,70)(H2,63,67,71)(H2,64,68,72). The summed E-state index contributed by atoms with van der Waals surface area (Å²) in [4.78, 5) is 51.7. The molecule has 93 heavy (non-hydrogen) atoms. The highest BCUT2D eigenvalue weighted by Gasteiger charge is 2.20. The van der Waals surface area contributed by atoms with Gasteiger partial charge >= 0.3 is 64.6 Å². The van der Waals surface area contributed by atoms with Gasteiger partial charge in [0.25, 0.3) is 12.6 Å². The molecule has 8 amide bonds. The molecule has 0 heterocycles. The van der Waals surface area contributed by atoms with E-state index in [9.17, 15) is 52.8 Å². The maximum Gasteiger partial charge on any atom is 0.323 e. The Morgan fingerprint density at radius 3 is 0.538 bits per heavy atom. The van der Waals surface area contributed by atoms with Crippen molar-refractivity contribution in [2.75, 3.05) is 80.8 Å². The lowest BCUT2D eigenvalue weighted by Gasteiger charge is -2.24. The number of benzene rings is 8. The lowest BCUT2D eigenvalue weighted by Crippen LogP contribution is -2.34. The molecule has 0 fully saturated rings. The molecule has 8 rings (SSSR count). The van der Waals surface area contributed by atoms with Crippen LogP contribution in [-0.2, 0) is 45.2 Å². The Morgan fingerprint density at radius 1 is 0.258 bits per heavy atom. The smallest absolute Gasteiger partial charge is 0.323 e. The average Bonchev–Trinajstić information content (AvgIpc) is 1.66. The minimum atomic E-state index is -3.76. The molecule has 0 aliphatic rings. The lowest BCUT2D eigenvalue weighted by molar-refractivity contribution is -0.105. The summed E-state index contributed by atoms with van der Waals surface area (Å²) in [5.74, 6) is 1.24. The van der Waals surface area contributed by atoms with Crippen molar-refractivity contribution < 1.29 is 93.3 Å². The number of hydrogen-bond donors (Lipinski definition) is 8. The fourth-order valence-corrected chi connectivity index (χ4v) is 9.61. The molecule has 0 aromatic heterocycles. The molecule has 0 spiro atoms. The molecule has 0 saturated carbocycles. The van der Waals surface area contributed by atoms with Crippen molar-refractivity contribution in [2.45, 2.75) is 12.6 Å². The van der Waals surface area contributed by atoms with E-state index in [1.165, 1.54) is 97.1 Å². The van der Waals surface area contributed by atoms with Gasteiger partial charge in [0.1, 0.15) is 59.2 Å². The van der Waals surface area contributed by atoms with Crippen LogP contribution >= 0.6 is 0 Å². The molecule has 33 heteroatoms. The number of hydrogen-bond acceptors (Lipinski definition) is 21. The second-order valence-corrected chi connectivity index (χ2v) is 25.8. The van der Waals surface area contributed by atoms with Crippen molar-refractivity contribution in [1.29, 1.82) is 0 Å². The molecule has 8 aromatic carbocycles. The van der Waals surface area contributed by atoms with Crippen LogP contribution in [0.3, 0.4) is 0 Å². The number of urea groups is 4. The van der Waals surface area contributed by atoms with Gasteiger partial charge in [-0.3, -0.25) is 0 Å². The molecular weight excluding hydrogens is 1300 g/mol. The number of carbonyl (C=O) groups excluding carboxylic acids is 4. The van der Waals surface area contributed by atoms with Gasteiger partial charge in [0.15, 0.2) is 0 Å². The first-order chi connectivity index (χ1) is 44.0. The van der Waals surface area contributed by atoms with Crippen LogP contribution in [0.4, 0.5) is 64.7 Å². The predicted octanol–water partition coefficient (Wildman–Crippen LogP) is 9.90. The van der Waals surface area contributed by atoms with Gasteiger partial charge in [0.2, 0.25) is 0 Å². The van der Waals surface area contributed by atoms with Crippen molar-refractivity contribution in [2.24, 2.45) is 0 Å². The second-order valence-electron chi connectivity index (χ2n) is 19.5. The highest BCUT2D eigenvalue weighted by Crippen LogP contribution is 2.27. The van der Waals surface area contributed by atoms with E-state index in [2.05, 4.69) is 42.5 Å². The van der Waals surface area contributed by atoms with Crippen molar-refractivity contribution >= 4 is 110 Å². The minimum Gasteiger partial charge on any atom is -0.452 e. The second kappa shape index (κ2) is 30.7. The van der Waals surface area contributed by atoms with E-state index in [4.69, 9.17) is 40.4 Å². The van der Waals surface area contributed by atoms with Gasteiger partial charge in [-0.05, 0) is 194 Å². The molecule has 0 aliphatic carbocycles. The molecule has 0 unspecified atom stereocenters. The first kappa shape index (κ1) is 67.9. The third-order valence-corrected chi connectivity index (χ3v) is 13.4. The Kier molecular flexibility index (Phi) is 22.4. The van der Waals surface area contributed by atoms with Crippen molar-refractivity contribution in [3.63, 3.8) is 0 Å². The van der Waals surface area contributed by atoms with E-state index >= 15 is 0 Å². The molecule has 8 aromatic rings. The first-order valence-corrected chi connectivity index (χ1v) is 34.3. The van der Waals surface area contributed by atoms with Crippen LogP contribution in [0, 0.1) is 0 Å². The van der Waals surface area contributed by atoms with Gasteiger partial charge in [0.05, 0.1) is 25.0 Å². The van der Waals surface area contributed by atoms with E-state index in [0.717, 1.165) is 25.0 Å². The Morgan fingerprint density at radius 2 is 0.398 bits per heavy atom. The summed E-state index contributed by atoms with van der Waals surface area (Å²) < 4.78 is 143. The summed E-state index contributed by atoms with van der Waals surface area (Å²) in [5.41, 5.74) is 2.76. The van der Waals surface area contributed by atoms with Crippen molar-refractivity contribution in [1.82, 2.24) is 0 Å². The lowest BCUT2D eigenvalue weighted by atomic mass is 10.3. The van der Waals surface area contributed by atoms with Crippen molar-refractivity contribution in [3.8, 4) is 46.0 Å². The Bertz CT molecular complexity index is 3790. The maximum absolute atomic E-state index is 12.9. The third-order valence-electron chi connectivity index (χ3n) is 11.5. The fraction of sp³-hybridized carbons (Fsp3) is 0.133. The van der Waals surface area contributed by atoms with E-state index in [1.807, 2.05) is 0 Å². The average molecular weight is 1360 g/mol. The quantitative estimate of drug-likeness (QED) is 0.0167. The predicted molar refractivity (Wildman–Crippen MR) is 345 cm³/mol. The van der Waals surface area contributed by atoms with Crippen LogP contribution < -0.4 is 78.2 Å². The summed E-state index contributed by atoms with van der Waals surface area (Å²) in [6, 6.07) is 44.9. The molecule has 0 radical (unpaired) electrons. The van der Waals surface area contributed by atoms with Crippen LogP contribution in [-0.4, -0.2) is 109 Å². The van der Waals surface area contributed by atoms with Gasteiger partial charge in [-0.15, -0.1) is 0 Å². The van der Waals surface area contributed by atoms with E-state index in [0.29, 0.717) is 45.5 Å². The highest BCUT2D eigenvalue weighted by molar-refractivity contribution is 7.87. The summed E-state index contributed by atoms with van der Waals surface area (Å²) in [5, 5.41) is 21.3. The summed E-state index contributed by atoms with van der Waals surface area (Å²) in [6.07, 6.45) is 1.18. The zero-order valence-electron chi connectivity index (χ0n) is 49.3. The molecule has 0 aliphatic heterocycles. The molecule has 0 bridgehead atoms. The van der Waals surface area contributed by atoms with Crippen LogP contribution in [0.1, 0.15) is 0 Å². The zero-order chi connectivity index (χ0) is 66.8. The van der Waals surface area contributed by atoms with Crippen LogP contribution in [0.5, 0.6) is 46.0 Å². The molecular formula is C60H58N8O21S4. The molecule has 8 N–H and O–H groups in total. The van der Waals surface area contributed by atoms with Gasteiger partial charge in [-0.25, -0.2) is 19.2 Å². The Balaban J connectivity index is 0.953. The number of ether oxygens (including phenoxy) is 5. The van der Waals surface area contributed by atoms with Crippen LogP contribution in [0.25, 0.3) is 0 Å². The van der Waals surface area contributed by atoms with Crippen LogP contribution in [0.2, 0.25) is 0 Å². The normalized spacial score (nSPS) is 11.4. The van der Waals surface area contributed by atoms with Gasteiger partial charge in [-0.1, -0.05) is 0 Å². The SMILES string of the molecule is CS(=O)(=O)Oc1ccc(NC(=O)Nc2ccc(OC(COCC(Oc3ccc(NC(=O)Nc4ccc(OS(C)(=O)=O)cc4)cc3)Oc3ccc(NC(=O)Nc4ccc(OS(C)(=O)=O)cc4)cc3)Oc3ccc(NC(=O)Nc4ccc(OS(C)(=O)=O)cc4)cc3)cc2)cc1. The summed E-state index contributed by atoms with van der Waals surface area (Å²) in [7, 11) is -15.0. The number of amides is 8. The fourth-order valence-electron chi connectivity index (χ4n) is 7.77.